The zero-order chi connectivity index (χ0) is 17.1. The number of likely N-dealkylation sites (N-methyl/N-ethyl adjacent to an activating group) is 1. The first-order chi connectivity index (χ1) is 11.6. The van der Waals surface area contributed by atoms with Crippen LogP contribution >= 0.6 is 0 Å². The quantitative estimate of drug-likeness (QED) is 0.854. The van der Waals surface area contributed by atoms with E-state index in [1.54, 1.807) is 4.90 Å². The van der Waals surface area contributed by atoms with E-state index < -0.39 is 6.10 Å². The van der Waals surface area contributed by atoms with E-state index in [2.05, 4.69) is 18.3 Å². The molecule has 1 fully saturated rings. The number of β-amino-alcohol motifs (C(OH)–C–C–N with tert-alkyl or cyclic N) is 1. The number of aliphatic hydroxyl groups is 1. The molecular weight excluding hydrogens is 304 g/mol. The molecule has 2 N–H and O–H groups in total. The summed E-state index contributed by atoms with van der Waals surface area (Å²) >= 11 is 0. The number of fused-ring (bicyclic) bond motifs is 1. The maximum Gasteiger partial charge on any atom is 0.239 e. The van der Waals surface area contributed by atoms with Crippen molar-refractivity contribution in [1.29, 1.82) is 0 Å². The van der Waals surface area contributed by atoms with Gasteiger partial charge >= 0.3 is 0 Å². The molecule has 3 rings (SSSR count). The molecule has 5 nitrogen and oxygen atoms in total. The number of unbranched alkanes of at least 4 members (excludes halogenated alkanes) is 1. The molecular formula is C19H26N2O3. The molecule has 2 heterocycles. The number of nitrogens with zero attached hydrogens (tertiary/aromatic N) is 1. The lowest BCUT2D eigenvalue weighted by molar-refractivity contribution is -0.132. The number of aliphatic hydroxyl groups excluding tert-OH is 1. The predicted molar refractivity (Wildman–Crippen MR) is 93.7 cm³/mol. The number of hydrogen-bond acceptors (Lipinski definition) is 4. The molecule has 1 saturated heterocycles. The third-order valence-corrected chi connectivity index (χ3v) is 4.72. The molecule has 2 unspecified atom stereocenters. The van der Waals surface area contributed by atoms with Crippen LogP contribution in [0, 0.1) is 0 Å². The highest BCUT2D eigenvalue weighted by molar-refractivity contribution is 5.85. The van der Waals surface area contributed by atoms with E-state index in [0.717, 1.165) is 41.6 Å². The number of nitrogens with one attached hydrogen (secondary N) is 1. The van der Waals surface area contributed by atoms with E-state index >= 15 is 0 Å². The second-order valence-electron chi connectivity index (χ2n) is 6.65. The SMILES string of the molecule is CCCCc1oc2ccccc2c1CN(C)C(=O)C1CC(O)CN1. The van der Waals surface area contributed by atoms with Crippen molar-refractivity contribution in [3.05, 3.63) is 35.6 Å². The molecule has 5 heteroatoms. The van der Waals surface area contributed by atoms with Crippen molar-refractivity contribution in [3.63, 3.8) is 0 Å². The first-order valence-corrected chi connectivity index (χ1v) is 8.75. The van der Waals surface area contributed by atoms with Crippen molar-refractivity contribution in [2.45, 2.75) is 51.3 Å². The van der Waals surface area contributed by atoms with Gasteiger partial charge in [0, 0.05) is 37.5 Å². The van der Waals surface area contributed by atoms with E-state index in [9.17, 15) is 9.90 Å². The molecule has 24 heavy (non-hydrogen) atoms. The highest BCUT2D eigenvalue weighted by Gasteiger charge is 2.30. The fourth-order valence-electron chi connectivity index (χ4n) is 3.35. The normalized spacial score (nSPS) is 20.6. The Labute approximate surface area is 142 Å². The second kappa shape index (κ2) is 7.36. The van der Waals surface area contributed by atoms with Crippen LogP contribution in [0.1, 0.15) is 37.5 Å². The van der Waals surface area contributed by atoms with Crippen LogP contribution in [-0.4, -0.2) is 41.7 Å². The van der Waals surface area contributed by atoms with E-state index in [-0.39, 0.29) is 11.9 Å². The number of carbonyl (C=O) groups excluding carboxylic acids is 1. The predicted octanol–water partition coefficient (Wildman–Crippen LogP) is 2.46. The van der Waals surface area contributed by atoms with E-state index in [1.165, 1.54) is 0 Å². The average Bonchev–Trinajstić information content (AvgIpc) is 3.16. The number of furan rings is 1. The molecule has 2 atom stereocenters. The fourth-order valence-corrected chi connectivity index (χ4v) is 3.35. The van der Waals surface area contributed by atoms with Crippen LogP contribution < -0.4 is 5.32 Å². The van der Waals surface area contributed by atoms with Gasteiger partial charge in [0.1, 0.15) is 11.3 Å². The van der Waals surface area contributed by atoms with E-state index in [0.29, 0.717) is 19.5 Å². The van der Waals surface area contributed by atoms with Crippen LogP contribution in [0.15, 0.2) is 28.7 Å². The molecule has 0 radical (unpaired) electrons. The van der Waals surface area contributed by atoms with E-state index in [4.69, 9.17) is 4.42 Å². The van der Waals surface area contributed by atoms with Gasteiger partial charge in [0.25, 0.3) is 0 Å². The number of rotatable bonds is 6. The zero-order valence-corrected chi connectivity index (χ0v) is 14.4. The highest BCUT2D eigenvalue weighted by Crippen LogP contribution is 2.28. The Bertz CT molecular complexity index is 710. The minimum Gasteiger partial charge on any atom is -0.461 e. The lowest BCUT2D eigenvalue weighted by atomic mass is 10.1. The van der Waals surface area contributed by atoms with Crippen LogP contribution in [0.4, 0.5) is 0 Å². The van der Waals surface area contributed by atoms with Gasteiger partial charge in [0.2, 0.25) is 5.91 Å². The molecule has 0 bridgehead atoms. The molecule has 1 aliphatic heterocycles. The molecule has 2 aromatic rings. The number of benzene rings is 1. The van der Waals surface area contributed by atoms with Crippen LogP contribution in [0.2, 0.25) is 0 Å². The van der Waals surface area contributed by atoms with Crippen molar-refractivity contribution in [2.24, 2.45) is 0 Å². The van der Waals surface area contributed by atoms with Gasteiger partial charge in [-0.25, -0.2) is 0 Å². The molecule has 130 valence electrons. The van der Waals surface area contributed by atoms with Gasteiger partial charge in [-0.1, -0.05) is 31.5 Å². The van der Waals surface area contributed by atoms with Gasteiger partial charge < -0.3 is 19.7 Å². The van der Waals surface area contributed by atoms with Crippen molar-refractivity contribution in [1.82, 2.24) is 10.2 Å². The Balaban J connectivity index is 1.81. The lowest BCUT2D eigenvalue weighted by Gasteiger charge is -2.21. The number of aryl methyl sites for hydroxylation is 1. The summed E-state index contributed by atoms with van der Waals surface area (Å²) in [6, 6.07) is 7.71. The summed E-state index contributed by atoms with van der Waals surface area (Å²) < 4.78 is 6.03. The van der Waals surface area contributed by atoms with Crippen LogP contribution in [-0.2, 0) is 17.8 Å². The van der Waals surface area contributed by atoms with Gasteiger partial charge in [0.05, 0.1) is 12.1 Å². The van der Waals surface area contributed by atoms with Gasteiger partial charge in [-0.3, -0.25) is 4.79 Å². The number of carbonyl (C=O) groups is 1. The van der Waals surface area contributed by atoms with Gasteiger partial charge in [0.15, 0.2) is 0 Å². The number of amides is 1. The molecule has 1 aromatic heterocycles. The highest BCUT2D eigenvalue weighted by atomic mass is 16.3. The number of hydrogen-bond donors (Lipinski definition) is 2. The van der Waals surface area contributed by atoms with Crippen molar-refractivity contribution in [3.8, 4) is 0 Å². The molecule has 0 spiro atoms. The minimum atomic E-state index is -0.428. The summed E-state index contributed by atoms with van der Waals surface area (Å²) in [6.07, 6.45) is 3.12. The fraction of sp³-hybridized carbons (Fsp3) is 0.526. The maximum absolute atomic E-state index is 12.6. The summed E-state index contributed by atoms with van der Waals surface area (Å²) in [6.45, 7) is 3.18. The first-order valence-electron chi connectivity index (χ1n) is 8.75. The summed E-state index contributed by atoms with van der Waals surface area (Å²) in [5.74, 6) is 1.01. The number of para-hydroxylation sites is 1. The minimum absolute atomic E-state index is 0.0262. The van der Waals surface area contributed by atoms with Crippen molar-refractivity contribution < 1.29 is 14.3 Å². The zero-order valence-electron chi connectivity index (χ0n) is 14.4. The third kappa shape index (κ3) is 3.47. The Kier molecular flexibility index (Phi) is 5.21. The second-order valence-corrected chi connectivity index (χ2v) is 6.65. The smallest absolute Gasteiger partial charge is 0.239 e. The molecule has 0 saturated carbocycles. The van der Waals surface area contributed by atoms with Crippen LogP contribution in [0.3, 0.4) is 0 Å². The summed E-state index contributed by atoms with van der Waals surface area (Å²) in [4.78, 5) is 14.3. The Morgan fingerprint density at radius 2 is 2.21 bits per heavy atom. The van der Waals surface area contributed by atoms with Crippen LogP contribution in [0.25, 0.3) is 11.0 Å². The molecule has 0 aliphatic carbocycles. The van der Waals surface area contributed by atoms with Gasteiger partial charge in [-0.2, -0.15) is 0 Å². The topological polar surface area (TPSA) is 65.7 Å². The van der Waals surface area contributed by atoms with Crippen molar-refractivity contribution in [2.75, 3.05) is 13.6 Å². The molecule has 1 aromatic carbocycles. The summed E-state index contributed by atoms with van der Waals surface area (Å²) in [5.41, 5.74) is 1.99. The third-order valence-electron chi connectivity index (χ3n) is 4.72. The Hall–Kier alpha value is -1.85. The average molecular weight is 330 g/mol. The first kappa shape index (κ1) is 17.0. The van der Waals surface area contributed by atoms with Gasteiger partial charge in [-0.05, 0) is 18.9 Å². The Morgan fingerprint density at radius 1 is 1.42 bits per heavy atom. The summed E-state index contributed by atoms with van der Waals surface area (Å²) in [5, 5.41) is 13.8. The molecule has 1 amide bonds. The Morgan fingerprint density at radius 3 is 2.92 bits per heavy atom. The van der Waals surface area contributed by atoms with Crippen LogP contribution in [0.5, 0.6) is 0 Å². The molecule has 1 aliphatic rings. The summed E-state index contributed by atoms with van der Waals surface area (Å²) in [7, 11) is 1.82. The van der Waals surface area contributed by atoms with E-state index in [1.807, 2.05) is 25.2 Å². The lowest BCUT2D eigenvalue weighted by Crippen LogP contribution is -2.41. The standard InChI is InChI=1S/C19H26N2O3/c1-3-4-8-18-15(14-7-5-6-9-17(14)24-18)12-21(2)19(23)16-10-13(22)11-20-16/h5-7,9,13,16,20,22H,3-4,8,10-12H2,1-2H3. The monoisotopic (exact) mass is 330 g/mol. The van der Waals surface area contributed by atoms with Crippen molar-refractivity contribution >= 4 is 16.9 Å². The maximum atomic E-state index is 12.6. The van der Waals surface area contributed by atoms with Gasteiger partial charge in [-0.15, -0.1) is 0 Å². The largest absolute Gasteiger partial charge is 0.461 e.